The zero-order valence-electron chi connectivity index (χ0n) is 7.91. The van der Waals surface area contributed by atoms with E-state index in [1.807, 2.05) is 13.0 Å². The second kappa shape index (κ2) is 4.93. The molecule has 1 heterocycles. The third-order valence-corrected chi connectivity index (χ3v) is 1.52. The molecule has 1 amide bonds. The number of carbonyl (C=O) groups is 1. The Labute approximate surface area is 82.8 Å². The molecule has 1 rings (SSSR count). The summed E-state index contributed by atoms with van der Waals surface area (Å²) in [6.45, 7) is 2.08. The van der Waals surface area contributed by atoms with E-state index in [9.17, 15) is 4.79 Å². The van der Waals surface area contributed by atoms with Crippen LogP contribution in [-0.4, -0.2) is 12.5 Å². The lowest BCUT2D eigenvalue weighted by molar-refractivity contribution is -0.116. The summed E-state index contributed by atoms with van der Waals surface area (Å²) in [7, 11) is 0. The molecule has 14 heavy (non-hydrogen) atoms. The third kappa shape index (κ3) is 3.20. The second-order valence-electron chi connectivity index (χ2n) is 2.70. The van der Waals surface area contributed by atoms with Gasteiger partial charge in [-0.1, -0.05) is 5.92 Å². The predicted octanol–water partition coefficient (Wildman–Crippen LogP) is 1.35. The molecule has 0 fully saturated rings. The first-order valence-corrected chi connectivity index (χ1v) is 4.18. The van der Waals surface area contributed by atoms with Crippen LogP contribution in [0.25, 0.3) is 6.08 Å². The molecule has 0 radical (unpaired) electrons. The molecule has 0 aliphatic rings. The molecular weight excluding hydrogens is 178 g/mol. The molecule has 0 saturated carbocycles. The lowest BCUT2D eigenvalue weighted by Gasteiger charge is -1.92. The highest BCUT2D eigenvalue weighted by Crippen LogP contribution is 2.07. The molecule has 1 aromatic heterocycles. The van der Waals surface area contributed by atoms with Crippen LogP contribution in [0.3, 0.4) is 0 Å². The van der Waals surface area contributed by atoms with Gasteiger partial charge in [0.05, 0.1) is 6.54 Å². The quantitative estimate of drug-likeness (QED) is 0.576. The van der Waals surface area contributed by atoms with E-state index in [0.717, 1.165) is 5.76 Å². The average molecular weight is 189 g/mol. The molecule has 0 saturated heterocycles. The van der Waals surface area contributed by atoms with Crippen LogP contribution in [0.4, 0.5) is 0 Å². The Morgan fingerprint density at radius 2 is 2.50 bits per heavy atom. The Bertz CT molecular complexity index is 382. The summed E-state index contributed by atoms with van der Waals surface area (Å²) in [4.78, 5) is 11.0. The fourth-order valence-electron chi connectivity index (χ4n) is 0.898. The summed E-state index contributed by atoms with van der Waals surface area (Å²) in [6.07, 6.45) is 7.96. The van der Waals surface area contributed by atoms with Crippen molar-refractivity contribution in [2.75, 3.05) is 6.54 Å². The number of terminal acetylenes is 1. The van der Waals surface area contributed by atoms with Crippen LogP contribution >= 0.6 is 0 Å². The minimum Gasteiger partial charge on any atom is -0.462 e. The summed E-state index contributed by atoms with van der Waals surface area (Å²) in [5.41, 5.74) is 0. The van der Waals surface area contributed by atoms with Crippen LogP contribution in [0.5, 0.6) is 0 Å². The number of furan rings is 1. The van der Waals surface area contributed by atoms with Crippen LogP contribution in [0, 0.1) is 19.3 Å². The highest BCUT2D eigenvalue weighted by atomic mass is 16.3. The van der Waals surface area contributed by atoms with Gasteiger partial charge < -0.3 is 9.73 Å². The smallest absolute Gasteiger partial charge is 0.244 e. The first-order valence-electron chi connectivity index (χ1n) is 4.18. The molecule has 0 aliphatic carbocycles. The van der Waals surface area contributed by atoms with Crippen LogP contribution in [0.2, 0.25) is 0 Å². The van der Waals surface area contributed by atoms with Gasteiger partial charge in [0, 0.05) is 6.08 Å². The molecule has 0 spiro atoms. The molecule has 0 unspecified atom stereocenters. The number of carbonyl (C=O) groups excluding carboxylic acids is 1. The summed E-state index contributed by atoms with van der Waals surface area (Å²) in [5, 5.41) is 2.51. The molecule has 0 atom stereocenters. The van der Waals surface area contributed by atoms with E-state index in [0.29, 0.717) is 5.76 Å². The molecular formula is C11H11NO2. The van der Waals surface area contributed by atoms with Gasteiger partial charge in [-0.25, -0.2) is 0 Å². The van der Waals surface area contributed by atoms with Crippen molar-refractivity contribution in [1.29, 1.82) is 0 Å². The van der Waals surface area contributed by atoms with Crippen LogP contribution in [-0.2, 0) is 4.79 Å². The molecule has 72 valence electrons. The topological polar surface area (TPSA) is 42.2 Å². The summed E-state index contributed by atoms with van der Waals surface area (Å²) in [6, 6.07) is 3.62. The first-order chi connectivity index (χ1) is 6.72. The van der Waals surface area contributed by atoms with E-state index >= 15 is 0 Å². The van der Waals surface area contributed by atoms with Crippen molar-refractivity contribution in [1.82, 2.24) is 5.32 Å². The summed E-state index contributed by atoms with van der Waals surface area (Å²) >= 11 is 0. The largest absolute Gasteiger partial charge is 0.462 e. The summed E-state index contributed by atoms with van der Waals surface area (Å²) in [5.74, 6) is 3.55. The summed E-state index contributed by atoms with van der Waals surface area (Å²) < 4.78 is 5.23. The molecule has 0 aliphatic heterocycles. The fraction of sp³-hybridized carbons (Fsp3) is 0.182. The lowest BCUT2D eigenvalue weighted by Crippen LogP contribution is -2.20. The van der Waals surface area contributed by atoms with Crippen molar-refractivity contribution in [2.45, 2.75) is 6.92 Å². The molecule has 0 bridgehead atoms. The molecule has 1 N–H and O–H groups in total. The first kappa shape index (κ1) is 10.1. The van der Waals surface area contributed by atoms with Gasteiger partial charge in [0.25, 0.3) is 0 Å². The number of amides is 1. The number of aryl methyl sites for hydroxylation is 1. The Balaban J connectivity index is 2.48. The number of hydrogen-bond acceptors (Lipinski definition) is 2. The SMILES string of the molecule is C#CCNC(=O)C=Cc1ccc(C)o1. The number of nitrogens with one attached hydrogen (secondary N) is 1. The van der Waals surface area contributed by atoms with Crippen molar-refractivity contribution < 1.29 is 9.21 Å². The van der Waals surface area contributed by atoms with Crippen molar-refractivity contribution >= 4 is 12.0 Å². The average Bonchev–Trinajstić information content (AvgIpc) is 2.58. The number of rotatable bonds is 3. The van der Waals surface area contributed by atoms with Crippen molar-refractivity contribution in [3.8, 4) is 12.3 Å². The van der Waals surface area contributed by atoms with E-state index in [1.54, 1.807) is 12.1 Å². The molecule has 3 nitrogen and oxygen atoms in total. The van der Waals surface area contributed by atoms with Crippen LogP contribution < -0.4 is 5.32 Å². The van der Waals surface area contributed by atoms with Gasteiger partial charge >= 0.3 is 0 Å². The minimum atomic E-state index is -0.225. The normalized spacial score (nSPS) is 10.0. The van der Waals surface area contributed by atoms with Crippen molar-refractivity contribution in [3.05, 3.63) is 29.7 Å². The van der Waals surface area contributed by atoms with E-state index in [4.69, 9.17) is 10.8 Å². The van der Waals surface area contributed by atoms with Crippen molar-refractivity contribution in [2.24, 2.45) is 0 Å². The maximum absolute atomic E-state index is 11.0. The van der Waals surface area contributed by atoms with Gasteiger partial charge in [-0.15, -0.1) is 6.42 Å². The number of hydrogen-bond donors (Lipinski definition) is 1. The van der Waals surface area contributed by atoms with Gasteiger partial charge in [-0.05, 0) is 25.1 Å². The predicted molar refractivity (Wildman–Crippen MR) is 54.3 cm³/mol. The van der Waals surface area contributed by atoms with E-state index in [1.165, 1.54) is 6.08 Å². The highest BCUT2D eigenvalue weighted by molar-refractivity contribution is 5.91. The van der Waals surface area contributed by atoms with Gasteiger partial charge in [-0.2, -0.15) is 0 Å². The monoisotopic (exact) mass is 189 g/mol. The van der Waals surface area contributed by atoms with Gasteiger partial charge in [0.1, 0.15) is 11.5 Å². The standard InChI is InChI=1S/C11H11NO2/c1-3-8-12-11(13)7-6-10-5-4-9(2)14-10/h1,4-7H,8H2,2H3,(H,12,13). The van der Waals surface area contributed by atoms with E-state index in [-0.39, 0.29) is 12.5 Å². The van der Waals surface area contributed by atoms with Crippen molar-refractivity contribution in [3.63, 3.8) is 0 Å². The second-order valence-corrected chi connectivity index (χ2v) is 2.70. The maximum Gasteiger partial charge on any atom is 0.244 e. The Hall–Kier alpha value is -1.95. The minimum absolute atomic E-state index is 0.225. The van der Waals surface area contributed by atoms with Crippen LogP contribution in [0.1, 0.15) is 11.5 Å². The Morgan fingerprint density at radius 3 is 3.07 bits per heavy atom. The van der Waals surface area contributed by atoms with Crippen LogP contribution in [0.15, 0.2) is 22.6 Å². The zero-order chi connectivity index (χ0) is 10.4. The zero-order valence-corrected chi connectivity index (χ0v) is 7.91. The van der Waals surface area contributed by atoms with Gasteiger partial charge in [-0.3, -0.25) is 4.79 Å². The Morgan fingerprint density at radius 1 is 1.71 bits per heavy atom. The van der Waals surface area contributed by atoms with E-state index < -0.39 is 0 Å². The third-order valence-electron chi connectivity index (χ3n) is 1.52. The fourth-order valence-corrected chi connectivity index (χ4v) is 0.898. The molecule has 0 aromatic carbocycles. The maximum atomic E-state index is 11.0. The Kier molecular flexibility index (Phi) is 3.57. The molecule has 1 aromatic rings. The van der Waals surface area contributed by atoms with Gasteiger partial charge in [0.2, 0.25) is 5.91 Å². The lowest BCUT2D eigenvalue weighted by atomic mass is 10.4. The van der Waals surface area contributed by atoms with E-state index in [2.05, 4.69) is 11.2 Å². The molecule has 3 heteroatoms. The van der Waals surface area contributed by atoms with Gasteiger partial charge in [0.15, 0.2) is 0 Å². The highest BCUT2D eigenvalue weighted by Gasteiger charge is 1.95.